The lowest BCUT2D eigenvalue weighted by Crippen LogP contribution is -2.10. The molecule has 0 saturated carbocycles. The maximum absolute atomic E-state index is 13.1. The molecule has 0 amide bonds. The summed E-state index contributed by atoms with van der Waals surface area (Å²) in [7, 11) is 0. The largest absolute Gasteiger partial charge is 0.508 e. The van der Waals surface area contributed by atoms with E-state index in [2.05, 4.69) is 0 Å². The van der Waals surface area contributed by atoms with Gasteiger partial charge < -0.3 is 19.4 Å². The number of rotatable bonds is 4. The van der Waals surface area contributed by atoms with Crippen LogP contribution in [0, 0.1) is 11.3 Å². The van der Waals surface area contributed by atoms with Gasteiger partial charge in [-0.15, -0.1) is 0 Å². The summed E-state index contributed by atoms with van der Waals surface area (Å²) in [6, 6.07) is 20.1. The molecule has 0 unspecified atom stereocenters. The van der Waals surface area contributed by atoms with Crippen molar-refractivity contribution in [3.05, 3.63) is 88.1 Å². The number of ether oxygens (including phenoxy) is 1. The molecule has 2 N–H and O–H groups in total. The highest BCUT2D eigenvalue weighted by molar-refractivity contribution is 5.88. The zero-order valence-corrected chi connectivity index (χ0v) is 15.1. The summed E-state index contributed by atoms with van der Waals surface area (Å²) >= 11 is 0. The number of phenolic OH excluding ortho intramolecular Hbond substituents is 2. The van der Waals surface area contributed by atoms with Gasteiger partial charge in [0.2, 0.25) is 11.2 Å². The normalized spacial score (nSPS) is 10.6. The van der Waals surface area contributed by atoms with Crippen LogP contribution in [0.25, 0.3) is 22.3 Å². The summed E-state index contributed by atoms with van der Waals surface area (Å²) in [6.07, 6.45) is 0. The molecule has 0 radical (unpaired) electrons. The quantitative estimate of drug-likeness (QED) is 0.542. The van der Waals surface area contributed by atoms with Crippen LogP contribution in [0.1, 0.15) is 11.1 Å². The molecule has 0 bridgehead atoms. The van der Waals surface area contributed by atoms with Gasteiger partial charge in [-0.2, -0.15) is 5.26 Å². The maximum atomic E-state index is 13.1. The van der Waals surface area contributed by atoms with Crippen molar-refractivity contribution >= 4 is 11.0 Å². The Balaban J connectivity index is 1.85. The van der Waals surface area contributed by atoms with Crippen molar-refractivity contribution in [1.82, 2.24) is 0 Å². The number of aromatic hydroxyl groups is 2. The Morgan fingerprint density at radius 2 is 1.72 bits per heavy atom. The van der Waals surface area contributed by atoms with Crippen LogP contribution >= 0.6 is 0 Å². The first-order valence-corrected chi connectivity index (χ1v) is 8.77. The van der Waals surface area contributed by atoms with E-state index in [0.717, 1.165) is 11.6 Å². The van der Waals surface area contributed by atoms with Gasteiger partial charge >= 0.3 is 0 Å². The van der Waals surface area contributed by atoms with Gasteiger partial charge in [-0.05, 0) is 17.7 Å². The van der Waals surface area contributed by atoms with Gasteiger partial charge in [-0.1, -0.05) is 42.5 Å². The van der Waals surface area contributed by atoms with Crippen molar-refractivity contribution in [2.75, 3.05) is 0 Å². The number of benzene rings is 3. The van der Waals surface area contributed by atoms with Crippen LogP contribution in [0.5, 0.6) is 17.2 Å². The summed E-state index contributed by atoms with van der Waals surface area (Å²) in [5.41, 5.74) is 1.41. The third-order valence-corrected chi connectivity index (χ3v) is 4.42. The van der Waals surface area contributed by atoms with Gasteiger partial charge in [0.25, 0.3) is 0 Å². The van der Waals surface area contributed by atoms with E-state index >= 15 is 0 Å². The number of nitrogens with zero attached hydrogens (tertiary/aromatic N) is 1. The molecule has 0 fully saturated rings. The SMILES string of the molecule is N#Cc1ccc(COc2c(-c3ccccc3)oc3cc(O)cc(O)c3c2=O)cc1. The smallest absolute Gasteiger partial charge is 0.239 e. The van der Waals surface area contributed by atoms with Crippen molar-refractivity contribution in [2.45, 2.75) is 6.61 Å². The second-order valence-corrected chi connectivity index (χ2v) is 6.39. The Labute approximate surface area is 165 Å². The molecule has 0 saturated heterocycles. The molecule has 4 aromatic rings. The van der Waals surface area contributed by atoms with Crippen LogP contribution in [-0.2, 0) is 6.61 Å². The lowest BCUT2D eigenvalue weighted by Gasteiger charge is -2.12. The van der Waals surface area contributed by atoms with E-state index in [0.29, 0.717) is 11.1 Å². The molecular weight excluding hydrogens is 370 g/mol. The Kier molecular flexibility index (Phi) is 4.63. The summed E-state index contributed by atoms with van der Waals surface area (Å²) < 4.78 is 11.7. The average molecular weight is 385 g/mol. The van der Waals surface area contributed by atoms with Gasteiger partial charge in [0.05, 0.1) is 11.6 Å². The summed E-state index contributed by atoms with van der Waals surface area (Å²) in [5, 5.41) is 28.7. The van der Waals surface area contributed by atoms with E-state index in [-0.39, 0.29) is 34.8 Å². The highest BCUT2D eigenvalue weighted by Gasteiger charge is 2.20. The molecule has 0 aliphatic rings. The van der Waals surface area contributed by atoms with Crippen LogP contribution in [0.3, 0.4) is 0 Å². The van der Waals surface area contributed by atoms with E-state index in [1.807, 2.05) is 12.1 Å². The molecule has 0 spiro atoms. The van der Waals surface area contributed by atoms with Gasteiger partial charge in [0.1, 0.15) is 29.1 Å². The van der Waals surface area contributed by atoms with Crippen LogP contribution < -0.4 is 10.2 Å². The lowest BCUT2D eigenvalue weighted by molar-refractivity contribution is 0.297. The second-order valence-electron chi connectivity index (χ2n) is 6.39. The predicted molar refractivity (Wildman–Crippen MR) is 107 cm³/mol. The average Bonchev–Trinajstić information content (AvgIpc) is 2.73. The molecule has 142 valence electrons. The van der Waals surface area contributed by atoms with Gasteiger partial charge in [0, 0.05) is 17.7 Å². The van der Waals surface area contributed by atoms with Crippen LogP contribution in [-0.4, -0.2) is 10.2 Å². The number of phenols is 2. The Morgan fingerprint density at radius 1 is 1.00 bits per heavy atom. The van der Waals surface area contributed by atoms with E-state index in [1.54, 1.807) is 48.5 Å². The lowest BCUT2D eigenvalue weighted by atomic mass is 10.1. The molecule has 6 heteroatoms. The first-order chi connectivity index (χ1) is 14.1. The van der Waals surface area contributed by atoms with Crippen molar-refractivity contribution in [2.24, 2.45) is 0 Å². The zero-order valence-electron chi connectivity index (χ0n) is 15.1. The van der Waals surface area contributed by atoms with Crippen molar-refractivity contribution in [1.29, 1.82) is 5.26 Å². The fourth-order valence-electron chi connectivity index (χ4n) is 3.01. The topological polar surface area (TPSA) is 104 Å². The molecule has 1 heterocycles. The van der Waals surface area contributed by atoms with Crippen LogP contribution in [0.4, 0.5) is 0 Å². The van der Waals surface area contributed by atoms with E-state index < -0.39 is 11.2 Å². The van der Waals surface area contributed by atoms with Crippen molar-refractivity contribution in [3.8, 4) is 34.6 Å². The molecule has 0 aliphatic heterocycles. The molecule has 6 nitrogen and oxygen atoms in total. The van der Waals surface area contributed by atoms with Crippen LogP contribution in [0.2, 0.25) is 0 Å². The third-order valence-electron chi connectivity index (χ3n) is 4.42. The second kappa shape index (κ2) is 7.41. The fourth-order valence-corrected chi connectivity index (χ4v) is 3.01. The molecule has 1 aromatic heterocycles. The van der Waals surface area contributed by atoms with Gasteiger partial charge in [-0.25, -0.2) is 0 Å². The monoisotopic (exact) mass is 385 g/mol. The minimum atomic E-state index is -0.545. The Hall–Kier alpha value is -4.24. The number of hydrogen-bond acceptors (Lipinski definition) is 6. The van der Waals surface area contributed by atoms with Gasteiger partial charge in [-0.3, -0.25) is 4.79 Å². The molecule has 29 heavy (non-hydrogen) atoms. The fraction of sp³-hybridized carbons (Fsp3) is 0.0435. The van der Waals surface area contributed by atoms with Crippen molar-refractivity contribution < 1.29 is 19.4 Å². The molecule has 0 aliphatic carbocycles. The van der Waals surface area contributed by atoms with Crippen molar-refractivity contribution in [3.63, 3.8) is 0 Å². The zero-order chi connectivity index (χ0) is 20.4. The first-order valence-electron chi connectivity index (χ1n) is 8.77. The van der Waals surface area contributed by atoms with Gasteiger partial charge in [0.15, 0.2) is 5.76 Å². The summed E-state index contributed by atoms with van der Waals surface area (Å²) in [4.78, 5) is 13.1. The highest BCUT2D eigenvalue weighted by atomic mass is 16.5. The molecule has 3 aromatic carbocycles. The van der Waals surface area contributed by atoms with E-state index in [9.17, 15) is 15.0 Å². The summed E-state index contributed by atoms with van der Waals surface area (Å²) in [6.45, 7) is 0.0701. The molecule has 4 rings (SSSR count). The number of hydrogen-bond donors (Lipinski definition) is 2. The van der Waals surface area contributed by atoms with E-state index in [1.165, 1.54) is 6.07 Å². The number of fused-ring (bicyclic) bond motifs is 1. The molecule has 0 atom stereocenters. The summed E-state index contributed by atoms with van der Waals surface area (Å²) in [5.74, 6) is -0.462. The predicted octanol–water partition coefficient (Wildman–Crippen LogP) is 4.32. The Morgan fingerprint density at radius 3 is 2.41 bits per heavy atom. The third kappa shape index (κ3) is 3.49. The number of nitriles is 1. The molecular formula is C23H15NO5. The Bertz CT molecular complexity index is 1290. The van der Waals surface area contributed by atoms with E-state index in [4.69, 9.17) is 14.4 Å². The van der Waals surface area contributed by atoms with Crippen LogP contribution in [0.15, 0.2) is 75.9 Å². The first kappa shape index (κ1) is 18.1. The standard InChI is InChI=1S/C23H15NO5/c24-12-14-6-8-15(9-7-14)13-28-23-21(27)20-18(26)10-17(25)11-19(20)29-22(23)16-4-2-1-3-5-16/h1-11,25-26H,13H2. The minimum absolute atomic E-state index is 0.0472. The minimum Gasteiger partial charge on any atom is -0.508 e. The maximum Gasteiger partial charge on any atom is 0.239 e. The highest BCUT2D eigenvalue weighted by Crippen LogP contribution is 2.35.